The molecular weight excluding hydrogens is 478 g/mol. The van der Waals surface area contributed by atoms with E-state index >= 15 is 0 Å². The third-order valence-electron chi connectivity index (χ3n) is 8.08. The number of nitrogens with zero attached hydrogens (tertiary/aromatic N) is 3. The summed E-state index contributed by atoms with van der Waals surface area (Å²) in [5, 5.41) is 0. The van der Waals surface area contributed by atoms with Crippen LogP contribution in [-0.4, -0.2) is 42.2 Å². The van der Waals surface area contributed by atoms with Crippen LogP contribution in [0, 0.1) is 5.92 Å². The van der Waals surface area contributed by atoms with E-state index in [1.165, 1.54) is 22.9 Å². The number of rotatable bonds is 6. The van der Waals surface area contributed by atoms with Gasteiger partial charge >= 0.3 is 0 Å². The van der Waals surface area contributed by atoms with Gasteiger partial charge in [0.15, 0.2) is 0 Å². The molecule has 1 atom stereocenters. The number of hydrogen-bond acceptors (Lipinski definition) is 4. The maximum atomic E-state index is 14.3. The summed E-state index contributed by atoms with van der Waals surface area (Å²) in [5.74, 6) is 0.960. The van der Waals surface area contributed by atoms with Crippen LogP contribution in [0.15, 0.2) is 78.9 Å². The van der Waals surface area contributed by atoms with Crippen molar-refractivity contribution in [3.8, 4) is 0 Å². The average Bonchev–Trinajstić information content (AvgIpc) is 3.41. The highest BCUT2D eigenvalue weighted by atomic mass is 32.2. The Hall–Kier alpha value is -3.09. The van der Waals surface area contributed by atoms with Crippen molar-refractivity contribution in [2.45, 2.75) is 37.5 Å². The topological polar surface area (TPSA) is 43.9 Å². The number of anilines is 2. The molecule has 3 aliphatic heterocycles. The van der Waals surface area contributed by atoms with Gasteiger partial charge in [0.2, 0.25) is 10.8 Å². The van der Waals surface area contributed by atoms with Gasteiger partial charge in [-0.15, -0.1) is 11.8 Å². The van der Waals surface area contributed by atoms with Gasteiger partial charge in [-0.25, -0.2) is 0 Å². The quantitative estimate of drug-likeness (QED) is 0.442. The molecule has 37 heavy (non-hydrogen) atoms. The van der Waals surface area contributed by atoms with E-state index in [0.717, 1.165) is 55.7 Å². The summed E-state index contributed by atoms with van der Waals surface area (Å²) >= 11 is 1.46. The maximum Gasteiger partial charge on any atom is 0.269 e. The molecule has 2 saturated heterocycles. The molecule has 0 radical (unpaired) electrons. The Kier molecular flexibility index (Phi) is 6.55. The Morgan fingerprint density at radius 1 is 0.865 bits per heavy atom. The van der Waals surface area contributed by atoms with Crippen LogP contribution in [0.4, 0.5) is 11.4 Å². The van der Waals surface area contributed by atoms with Crippen molar-refractivity contribution < 1.29 is 9.59 Å². The summed E-state index contributed by atoms with van der Waals surface area (Å²) in [4.78, 5) is 32.6. The molecule has 5 nitrogen and oxygen atoms in total. The van der Waals surface area contributed by atoms with Crippen LogP contribution in [0.3, 0.4) is 0 Å². The summed E-state index contributed by atoms with van der Waals surface area (Å²) in [7, 11) is 0. The van der Waals surface area contributed by atoms with E-state index in [2.05, 4.69) is 54.3 Å². The first kappa shape index (κ1) is 24.3. The lowest BCUT2D eigenvalue weighted by Crippen LogP contribution is -2.52. The number of fused-ring (bicyclic) bond motifs is 2. The minimum absolute atomic E-state index is 0.00414. The number of carbonyl (C=O) groups is 2. The molecule has 0 bridgehead atoms. The Balaban J connectivity index is 1.23. The molecule has 3 aliphatic rings. The van der Waals surface area contributed by atoms with E-state index in [4.69, 9.17) is 0 Å². The lowest BCUT2D eigenvalue weighted by Gasteiger charge is -2.36. The predicted octanol–water partition coefficient (Wildman–Crippen LogP) is 5.44. The number of amides is 2. The van der Waals surface area contributed by atoms with Crippen molar-refractivity contribution in [2.75, 3.05) is 35.3 Å². The fraction of sp³-hybridized carbons (Fsp3) is 0.355. The molecule has 0 saturated carbocycles. The molecule has 0 unspecified atom stereocenters. The zero-order chi connectivity index (χ0) is 25.4. The lowest BCUT2D eigenvalue weighted by molar-refractivity contribution is -0.124. The van der Waals surface area contributed by atoms with Gasteiger partial charge in [-0.05, 0) is 60.9 Å². The number of likely N-dealkylation sites (tertiary alicyclic amines) is 1. The molecule has 3 aromatic carbocycles. The Morgan fingerprint density at radius 3 is 2.30 bits per heavy atom. The summed E-state index contributed by atoms with van der Waals surface area (Å²) in [6.45, 7) is 4.63. The lowest BCUT2D eigenvalue weighted by atomic mass is 9.90. The highest BCUT2D eigenvalue weighted by Gasteiger charge is 2.61. The molecule has 0 aromatic heterocycles. The molecule has 3 heterocycles. The smallest absolute Gasteiger partial charge is 0.269 e. The first-order valence-electron chi connectivity index (χ1n) is 13.3. The minimum atomic E-state index is -1.03. The fourth-order valence-corrected chi connectivity index (χ4v) is 7.42. The normalized spacial score (nSPS) is 22.3. The van der Waals surface area contributed by atoms with Gasteiger partial charge in [-0.2, -0.15) is 0 Å². The van der Waals surface area contributed by atoms with Gasteiger partial charge < -0.3 is 0 Å². The van der Waals surface area contributed by atoms with E-state index in [0.29, 0.717) is 18.3 Å². The molecule has 3 aromatic rings. The largest absolute Gasteiger partial charge is 0.295 e. The molecule has 1 spiro atoms. The van der Waals surface area contributed by atoms with E-state index in [9.17, 15) is 9.59 Å². The van der Waals surface area contributed by atoms with Gasteiger partial charge in [0, 0.05) is 24.3 Å². The first-order chi connectivity index (χ1) is 18.1. The number of thioether (sulfide) groups is 1. The average molecular weight is 512 g/mol. The number of para-hydroxylation sites is 1. The van der Waals surface area contributed by atoms with E-state index in [1.807, 2.05) is 41.3 Å². The SMILES string of the molecule is CCc1ccc(N2C(=O)CS[C@]23C(=O)N(CN2CCC(Cc4ccccc4)CC2)c2ccccc23)cc1. The van der Waals surface area contributed by atoms with Gasteiger partial charge in [-0.3, -0.25) is 24.3 Å². The summed E-state index contributed by atoms with van der Waals surface area (Å²) in [6, 6.07) is 26.9. The standard InChI is InChI=1S/C31H33N3O2S/c1-2-23-12-14-26(15-13-23)34-29(35)21-37-31(34)27-10-6-7-11-28(27)33(30(31)36)22-32-18-16-25(17-19-32)20-24-8-4-3-5-9-24/h3-15,25H,2,16-22H2,1H3/t31-/m1/s1. The molecule has 6 heteroatoms. The summed E-state index contributed by atoms with van der Waals surface area (Å²) in [5.41, 5.74) is 5.26. The second-order valence-electron chi connectivity index (χ2n) is 10.3. The van der Waals surface area contributed by atoms with E-state index in [-0.39, 0.29) is 11.8 Å². The van der Waals surface area contributed by atoms with Crippen molar-refractivity contribution in [1.29, 1.82) is 0 Å². The molecule has 2 amide bonds. The Labute approximate surface area is 223 Å². The van der Waals surface area contributed by atoms with Crippen molar-refractivity contribution in [3.05, 3.63) is 95.6 Å². The van der Waals surface area contributed by atoms with Crippen LogP contribution in [-0.2, 0) is 27.3 Å². The van der Waals surface area contributed by atoms with Crippen LogP contribution in [0.2, 0.25) is 0 Å². The number of hydrogen-bond donors (Lipinski definition) is 0. The number of aryl methyl sites for hydroxylation is 1. The van der Waals surface area contributed by atoms with Crippen molar-refractivity contribution in [1.82, 2.24) is 4.90 Å². The number of carbonyl (C=O) groups excluding carboxylic acids is 2. The van der Waals surface area contributed by atoms with Gasteiger partial charge in [0.25, 0.3) is 5.91 Å². The highest BCUT2D eigenvalue weighted by Crippen LogP contribution is 2.55. The minimum Gasteiger partial charge on any atom is -0.295 e. The maximum absolute atomic E-state index is 14.3. The van der Waals surface area contributed by atoms with Crippen molar-refractivity contribution in [2.24, 2.45) is 5.92 Å². The molecule has 0 aliphatic carbocycles. The van der Waals surface area contributed by atoms with Crippen LogP contribution in [0.1, 0.15) is 36.5 Å². The van der Waals surface area contributed by atoms with Crippen LogP contribution in [0.25, 0.3) is 0 Å². The Morgan fingerprint density at radius 2 is 1.57 bits per heavy atom. The van der Waals surface area contributed by atoms with Crippen LogP contribution in [0.5, 0.6) is 0 Å². The number of piperidine rings is 1. The molecule has 0 N–H and O–H groups in total. The number of benzene rings is 3. The van der Waals surface area contributed by atoms with Gasteiger partial charge in [0.1, 0.15) is 0 Å². The zero-order valence-electron chi connectivity index (χ0n) is 21.3. The van der Waals surface area contributed by atoms with Crippen LogP contribution < -0.4 is 9.80 Å². The second kappa shape index (κ2) is 9.99. The highest BCUT2D eigenvalue weighted by molar-refractivity contribution is 8.02. The monoisotopic (exact) mass is 511 g/mol. The van der Waals surface area contributed by atoms with E-state index in [1.54, 1.807) is 4.90 Å². The fourth-order valence-electron chi connectivity index (χ4n) is 6.06. The van der Waals surface area contributed by atoms with Crippen molar-refractivity contribution in [3.63, 3.8) is 0 Å². The third kappa shape index (κ3) is 4.26. The summed E-state index contributed by atoms with van der Waals surface area (Å²) < 4.78 is 0. The first-order valence-corrected chi connectivity index (χ1v) is 14.3. The predicted molar refractivity (Wildman–Crippen MR) is 151 cm³/mol. The van der Waals surface area contributed by atoms with Crippen LogP contribution >= 0.6 is 11.8 Å². The summed E-state index contributed by atoms with van der Waals surface area (Å²) in [6.07, 6.45) is 4.32. The van der Waals surface area contributed by atoms with Crippen molar-refractivity contribution >= 4 is 35.0 Å². The Bertz CT molecular complexity index is 1290. The molecule has 2 fully saturated rings. The third-order valence-corrected chi connectivity index (χ3v) is 9.47. The zero-order valence-corrected chi connectivity index (χ0v) is 22.1. The van der Waals surface area contributed by atoms with E-state index < -0.39 is 4.87 Å². The van der Waals surface area contributed by atoms with Gasteiger partial charge in [-0.1, -0.05) is 67.6 Å². The second-order valence-corrected chi connectivity index (χ2v) is 11.5. The molecular formula is C31H33N3O2S. The van der Waals surface area contributed by atoms with Gasteiger partial charge in [0.05, 0.1) is 18.1 Å². The molecule has 6 rings (SSSR count). The molecule has 190 valence electrons.